The Morgan fingerprint density at radius 1 is 1.25 bits per heavy atom. The minimum absolute atomic E-state index is 0.0775. The predicted molar refractivity (Wildman–Crippen MR) is 47.9 cm³/mol. The molecule has 0 aromatic heterocycles. The first kappa shape index (κ1) is 9.96. The fourth-order valence-corrected chi connectivity index (χ4v) is 1.77. The summed E-state index contributed by atoms with van der Waals surface area (Å²) in [6.45, 7) is 4.10. The third-order valence-electron chi connectivity index (χ3n) is 2.37. The van der Waals surface area contributed by atoms with Gasteiger partial charge in [0.1, 0.15) is 0 Å². The highest BCUT2D eigenvalue weighted by molar-refractivity contribution is 4.87. The van der Waals surface area contributed by atoms with Gasteiger partial charge in [-0.05, 0) is 19.3 Å². The summed E-state index contributed by atoms with van der Waals surface area (Å²) in [4.78, 5) is 0. The zero-order valence-corrected chi connectivity index (χ0v) is 7.83. The molecule has 3 N–H and O–H groups in total. The number of rotatable bonds is 2. The molecular weight excluding hydrogens is 154 g/mol. The van der Waals surface area contributed by atoms with Gasteiger partial charge in [-0.1, -0.05) is 13.8 Å². The van der Waals surface area contributed by atoms with E-state index in [2.05, 4.69) is 5.32 Å². The Hall–Kier alpha value is -0.120. The Morgan fingerprint density at radius 2 is 1.92 bits per heavy atom. The normalized spacial score (nSPS) is 37.2. The van der Waals surface area contributed by atoms with Crippen LogP contribution in [-0.2, 0) is 0 Å². The molecule has 1 aliphatic rings. The monoisotopic (exact) mass is 173 g/mol. The van der Waals surface area contributed by atoms with E-state index in [4.69, 9.17) is 0 Å². The summed E-state index contributed by atoms with van der Waals surface area (Å²) >= 11 is 0. The second-order valence-corrected chi connectivity index (χ2v) is 3.92. The van der Waals surface area contributed by atoms with Gasteiger partial charge in [-0.2, -0.15) is 0 Å². The Labute approximate surface area is 73.8 Å². The molecule has 0 aromatic rings. The zero-order chi connectivity index (χ0) is 9.14. The van der Waals surface area contributed by atoms with Crippen molar-refractivity contribution in [3.8, 4) is 0 Å². The van der Waals surface area contributed by atoms with Gasteiger partial charge >= 0.3 is 0 Å². The van der Waals surface area contributed by atoms with Crippen LogP contribution >= 0.6 is 0 Å². The molecule has 0 aromatic carbocycles. The molecular formula is C9H19NO2. The molecule has 0 bridgehead atoms. The van der Waals surface area contributed by atoms with Crippen molar-refractivity contribution in [2.75, 3.05) is 0 Å². The summed E-state index contributed by atoms with van der Waals surface area (Å²) in [5, 5.41) is 22.2. The van der Waals surface area contributed by atoms with Crippen LogP contribution < -0.4 is 5.32 Å². The van der Waals surface area contributed by atoms with Crippen molar-refractivity contribution < 1.29 is 10.2 Å². The van der Waals surface area contributed by atoms with Gasteiger partial charge in [0.25, 0.3) is 0 Å². The van der Waals surface area contributed by atoms with E-state index in [1.54, 1.807) is 0 Å². The third kappa shape index (κ3) is 2.44. The standard InChI is InChI=1S/C9H19NO2/c1-6(2)10-7-4-3-5-8(11)9(7)12/h6-12H,3-5H2,1-2H3/t7-,8+,9-/m0/s1. The van der Waals surface area contributed by atoms with Gasteiger partial charge in [0, 0.05) is 12.1 Å². The lowest BCUT2D eigenvalue weighted by Gasteiger charge is -2.33. The van der Waals surface area contributed by atoms with E-state index >= 15 is 0 Å². The minimum atomic E-state index is -0.582. The predicted octanol–water partition coefficient (Wildman–Crippen LogP) is 0.259. The molecule has 1 aliphatic carbocycles. The molecule has 72 valence electrons. The average Bonchev–Trinajstić information content (AvgIpc) is 1.98. The fourth-order valence-electron chi connectivity index (χ4n) is 1.77. The zero-order valence-electron chi connectivity index (χ0n) is 7.83. The molecule has 1 rings (SSSR count). The third-order valence-corrected chi connectivity index (χ3v) is 2.37. The van der Waals surface area contributed by atoms with Crippen LogP contribution in [0.3, 0.4) is 0 Å². The fraction of sp³-hybridized carbons (Fsp3) is 1.00. The molecule has 1 fully saturated rings. The van der Waals surface area contributed by atoms with Crippen molar-refractivity contribution in [3.63, 3.8) is 0 Å². The highest BCUT2D eigenvalue weighted by atomic mass is 16.3. The molecule has 1 saturated carbocycles. The summed E-state index contributed by atoms with van der Waals surface area (Å²) in [7, 11) is 0. The Bertz CT molecular complexity index is 138. The molecule has 0 spiro atoms. The van der Waals surface area contributed by atoms with Crippen LogP contribution in [0.15, 0.2) is 0 Å². The second kappa shape index (κ2) is 4.21. The van der Waals surface area contributed by atoms with Gasteiger partial charge in [-0.3, -0.25) is 0 Å². The summed E-state index contributed by atoms with van der Waals surface area (Å²) in [6, 6.07) is 0.448. The molecule has 3 nitrogen and oxygen atoms in total. The van der Waals surface area contributed by atoms with Crippen molar-refractivity contribution in [2.24, 2.45) is 0 Å². The van der Waals surface area contributed by atoms with E-state index in [0.29, 0.717) is 6.04 Å². The Morgan fingerprint density at radius 3 is 2.50 bits per heavy atom. The minimum Gasteiger partial charge on any atom is -0.390 e. The van der Waals surface area contributed by atoms with E-state index in [1.165, 1.54) is 0 Å². The van der Waals surface area contributed by atoms with E-state index in [-0.39, 0.29) is 6.04 Å². The van der Waals surface area contributed by atoms with Gasteiger partial charge in [0.05, 0.1) is 12.2 Å². The first-order valence-electron chi connectivity index (χ1n) is 4.73. The van der Waals surface area contributed by atoms with E-state index in [1.807, 2.05) is 13.8 Å². The summed E-state index contributed by atoms with van der Waals surface area (Å²) in [6.07, 6.45) is 1.59. The number of nitrogens with one attached hydrogen (secondary N) is 1. The van der Waals surface area contributed by atoms with Crippen LogP contribution in [-0.4, -0.2) is 34.5 Å². The second-order valence-electron chi connectivity index (χ2n) is 3.92. The molecule has 0 heterocycles. The first-order valence-corrected chi connectivity index (χ1v) is 4.73. The van der Waals surface area contributed by atoms with Crippen LogP contribution in [0.4, 0.5) is 0 Å². The lowest BCUT2D eigenvalue weighted by atomic mass is 9.90. The van der Waals surface area contributed by atoms with E-state index < -0.39 is 12.2 Å². The number of aliphatic hydroxyl groups is 2. The average molecular weight is 173 g/mol. The molecule has 12 heavy (non-hydrogen) atoms. The van der Waals surface area contributed by atoms with Gasteiger partial charge in [0.2, 0.25) is 0 Å². The maximum absolute atomic E-state index is 9.57. The largest absolute Gasteiger partial charge is 0.390 e. The van der Waals surface area contributed by atoms with E-state index in [0.717, 1.165) is 19.3 Å². The van der Waals surface area contributed by atoms with Crippen LogP contribution in [0, 0.1) is 0 Å². The molecule has 0 saturated heterocycles. The molecule has 0 amide bonds. The van der Waals surface area contributed by atoms with Gasteiger partial charge in [0.15, 0.2) is 0 Å². The van der Waals surface area contributed by atoms with Crippen molar-refractivity contribution in [3.05, 3.63) is 0 Å². The Balaban J connectivity index is 2.41. The lowest BCUT2D eigenvalue weighted by molar-refractivity contribution is -0.0309. The summed E-state index contributed by atoms with van der Waals surface area (Å²) in [5.41, 5.74) is 0. The van der Waals surface area contributed by atoms with Crippen molar-refractivity contribution in [1.29, 1.82) is 0 Å². The smallest absolute Gasteiger partial charge is 0.0951 e. The lowest BCUT2D eigenvalue weighted by Crippen LogP contribution is -2.51. The van der Waals surface area contributed by atoms with Gasteiger partial charge in [-0.25, -0.2) is 0 Å². The van der Waals surface area contributed by atoms with Crippen LogP contribution in [0.1, 0.15) is 33.1 Å². The Kier molecular flexibility index (Phi) is 3.50. The van der Waals surface area contributed by atoms with Gasteiger partial charge in [-0.15, -0.1) is 0 Å². The van der Waals surface area contributed by atoms with E-state index in [9.17, 15) is 10.2 Å². The van der Waals surface area contributed by atoms with Crippen LogP contribution in [0.2, 0.25) is 0 Å². The highest BCUT2D eigenvalue weighted by Crippen LogP contribution is 2.19. The summed E-state index contributed by atoms with van der Waals surface area (Å²) in [5.74, 6) is 0. The SMILES string of the molecule is CC(C)N[C@H]1CCC[C@@H](O)[C@H]1O. The van der Waals surface area contributed by atoms with Gasteiger partial charge < -0.3 is 15.5 Å². The number of aliphatic hydroxyl groups excluding tert-OH is 2. The maximum Gasteiger partial charge on any atom is 0.0951 e. The molecule has 0 aliphatic heterocycles. The first-order chi connectivity index (χ1) is 5.61. The molecule has 0 radical (unpaired) electrons. The van der Waals surface area contributed by atoms with Crippen molar-refractivity contribution in [1.82, 2.24) is 5.32 Å². The number of hydrogen-bond donors (Lipinski definition) is 3. The highest BCUT2D eigenvalue weighted by Gasteiger charge is 2.30. The summed E-state index contributed by atoms with van der Waals surface area (Å²) < 4.78 is 0. The molecule has 3 heteroatoms. The molecule has 0 unspecified atom stereocenters. The van der Waals surface area contributed by atoms with Crippen LogP contribution in [0.25, 0.3) is 0 Å². The molecule has 3 atom stereocenters. The maximum atomic E-state index is 9.57. The van der Waals surface area contributed by atoms with Crippen LogP contribution in [0.5, 0.6) is 0 Å². The topological polar surface area (TPSA) is 52.5 Å². The number of hydrogen-bond acceptors (Lipinski definition) is 3. The van der Waals surface area contributed by atoms with Crippen molar-refractivity contribution in [2.45, 2.75) is 57.4 Å². The van der Waals surface area contributed by atoms with Crippen molar-refractivity contribution >= 4 is 0 Å². The quantitative estimate of drug-likeness (QED) is 0.561.